The molecular formula is C12H21N3O4S2. The molecule has 0 atom stereocenters. The number of carbonyl (C=O) groups excluding carboxylic acids is 1. The lowest BCUT2D eigenvalue weighted by atomic mass is 10.4. The molecule has 1 heterocycles. The van der Waals surface area contributed by atoms with Crippen molar-refractivity contribution in [2.75, 3.05) is 19.6 Å². The van der Waals surface area contributed by atoms with Gasteiger partial charge in [0.05, 0.1) is 6.54 Å². The van der Waals surface area contributed by atoms with Gasteiger partial charge in [0.1, 0.15) is 0 Å². The molecule has 1 rings (SSSR count). The van der Waals surface area contributed by atoms with Crippen molar-refractivity contribution in [1.82, 2.24) is 14.6 Å². The highest BCUT2D eigenvalue weighted by Crippen LogP contribution is 2.21. The van der Waals surface area contributed by atoms with E-state index in [-0.39, 0.29) is 23.2 Å². The molecule has 0 fully saturated rings. The summed E-state index contributed by atoms with van der Waals surface area (Å²) in [5, 5.41) is 2.65. The molecule has 0 aliphatic rings. The van der Waals surface area contributed by atoms with Crippen LogP contribution in [0.2, 0.25) is 0 Å². The van der Waals surface area contributed by atoms with Crippen LogP contribution < -0.4 is 10.2 Å². The maximum absolute atomic E-state index is 12.6. The minimum Gasteiger partial charge on any atom is -0.355 e. The summed E-state index contributed by atoms with van der Waals surface area (Å²) in [5.41, 5.74) is 0.306. The number of aromatic amines is 1. The predicted octanol–water partition coefficient (Wildman–Crippen LogP) is 0.672. The van der Waals surface area contributed by atoms with E-state index in [4.69, 9.17) is 0 Å². The molecule has 1 aromatic rings. The molecule has 0 aliphatic heterocycles. The fourth-order valence-electron chi connectivity index (χ4n) is 1.77. The molecule has 0 saturated heterocycles. The third-order valence-corrected chi connectivity index (χ3v) is 6.15. The number of thiazole rings is 1. The average Bonchev–Trinajstić information content (AvgIpc) is 2.75. The Balaban J connectivity index is 3.01. The third-order valence-electron chi connectivity index (χ3n) is 2.72. The van der Waals surface area contributed by atoms with Gasteiger partial charge in [-0.1, -0.05) is 25.2 Å². The van der Waals surface area contributed by atoms with Crippen LogP contribution in [0.15, 0.2) is 9.00 Å². The first kappa shape index (κ1) is 17.9. The average molecular weight is 335 g/mol. The number of hydrogen-bond donors (Lipinski definition) is 2. The van der Waals surface area contributed by atoms with Crippen molar-refractivity contribution >= 4 is 27.3 Å². The normalized spacial score (nSPS) is 11.8. The standard InChI is InChI=1S/C12H21N3O4S2/c1-4-6-13-10(16)8-15(7-5-2)21(18,19)11-9(3)14-12(17)20-11/h4-8H2,1-3H3,(H,13,16)(H,14,17). The van der Waals surface area contributed by atoms with Crippen LogP contribution in [0.25, 0.3) is 0 Å². The quantitative estimate of drug-likeness (QED) is 0.729. The Hall–Kier alpha value is -1.19. The monoisotopic (exact) mass is 335 g/mol. The molecular weight excluding hydrogens is 314 g/mol. The van der Waals surface area contributed by atoms with Gasteiger partial charge in [-0.3, -0.25) is 9.59 Å². The Bertz CT molecular complexity index is 633. The van der Waals surface area contributed by atoms with E-state index in [2.05, 4.69) is 10.3 Å². The zero-order valence-electron chi connectivity index (χ0n) is 12.4. The highest BCUT2D eigenvalue weighted by Gasteiger charge is 2.29. The Morgan fingerprint density at radius 2 is 2.00 bits per heavy atom. The molecule has 7 nitrogen and oxygen atoms in total. The summed E-state index contributed by atoms with van der Waals surface area (Å²) in [4.78, 5) is 25.1. The van der Waals surface area contributed by atoms with Gasteiger partial charge in [-0.05, 0) is 19.8 Å². The minimum absolute atomic E-state index is 0.0239. The lowest BCUT2D eigenvalue weighted by molar-refractivity contribution is -0.121. The number of sulfonamides is 1. The first-order chi connectivity index (χ1) is 9.82. The van der Waals surface area contributed by atoms with Crippen molar-refractivity contribution in [2.24, 2.45) is 0 Å². The van der Waals surface area contributed by atoms with Crippen molar-refractivity contribution in [3.05, 3.63) is 15.4 Å². The highest BCUT2D eigenvalue weighted by atomic mass is 32.2. The Kier molecular flexibility index (Phi) is 6.56. The molecule has 0 aromatic carbocycles. The third kappa shape index (κ3) is 4.65. The van der Waals surface area contributed by atoms with E-state index in [0.717, 1.165) is 10.7 Å². The van der Waals surface area contributed by atoms with E-state index in [1.165, 1.54) is 6.92 Å². The number of hydrogen-bond acceptors (Lipinski definition) is 5. The van der Waals surface area contributed by atoms with E-state index >= 15 is 0 Å². The van der Waals surface area contributed by atoms with Crippen LogP contribution in [-0.4, -0.2) is 43.2 Å². The number of aryl methyl sites for hydroxylation is 1. The fourth-order valence-corrected chi connectivity index (χ4v) is 4.69. The summed E-state index contributed by atoms with van der Waals surface area (Å²) >= 11 is 0.648. The predicted molar refractivity (Wildman–Crippen MR) is 82.0 cm³/mol. The van der Waals surface area contributed by atoms with Crippen molar-refractivity contribution in [2.45, 2.75) is 37.8 Å². The molecule has 9 heteroatoms. The Morgan fingerprint density at radius 1 is 1.33 bits per heavy atom. The number of amides is 1. The molecule has 1 amide bonds. The Labute approximate surface area is 128 Å². The Morgan fingerprint density at radius 3 is 2.48 bits per heavy atom. The second-order valence-electron chi connectivity index (χ2n) is 4.62. The van der Waals surface area contributed by atoms with E-state index < -0.39 is 14.9 Å². The topological polar surface area (TPSA) is 99.3 Å². The van der Waals surface area contributed by atoms with Gasteiger partial charge in [-0.25, -0.2) is 8.42 Å². The van der Waals surface area contributed by atoms with Crippen LogP contribution in [0.3, 0.4) is 0 Å². The van der Waals surface area contributed by atoms with E-state index in [0.29, 0.717) is 30.0 Å². The summed E-state index contributed by atoms with van der Waals surface area (Å²) < 4.78 is 26.2. The summed E-state index contributed by atoms with van der Waals surface area (Å²) in [6.45, 7) is 5.79. The molecule has 0 radical (unpaired) electrons. The summed E-state index contributed by atoms with van der Waals surface area (Å²) in [5.74, 6) is -0.339. The lowest BCUT2D eigenvalue weighted by Gasteiger charge is -2.20. The van der Waals surface area contributed by atoms with Gasteiger partial charge in [0.25, 0.3) is 10.0 Å². The molecule has 21 heavy (non-hydrogen) atoms. The van der Waals surface area contributed by atoms with Crippen LogP contribution in [-0.2, 0) is 14.8 Å². The number of H-pyrrole nitrogens is 1. The zero-order chi connectivity index (χ0) is 16.0. The molecule has 0 spiro atoms. The number of nitrogens with zero attached hydrogens (tertiary/aromatic N) is 1. The second-order valence-corrected chi connectivity index (χ2v) is 7.73. The van der Waals surface area contributed by atoms with Crippen molar-refractivity contribution < 1.29 is 13.2 Å². The van der Waals surface area contributed by atoms with Crippen molar-refractivity contribution in [3.8, 4) is 0 Å². The van der Waals surface area contributed by atoms with Crippen LogP contribution >= 0.6 is 11.3 Å². The first-order valence-electron chi connectivity index (χ1n) is 6.79. The molecule has 0 saturated carbocycles. The molecule has 0 unspecified atom stereocenters. The van der Waals surface area contributed by atoms with Crippen molar-refractivity contribution in [1.29, 1.82) is 0 Å². The number of aromatic nitrogens is 1. The lowest BCUT2D eigenvalue weighted by Crippen LogP contribution is -2.41. The first-order valence-corrected chi connectivity index (χ1v) is 9.05. The summed E-state index contributed by atoms with van der Waals surface area (Å²) in [6, 6.07) is 0. The van der Waals surface area contributed by atoms with Gasteiger partial charge >= 0.3 is 4.87 Å². The van der Waals surface area contributed by atoms with Crippen LogP contribution in [0, 0.1) is 6.92 Å². The number of carbonyl (C=O) groups is 1. The summed E-state index contributed by atoms with van der Waals surface area (Å²) in [6.07, 6.45) is 1.36. The summed E-state index contributed by atoms with van der Waals surface area (Å²) in [7, 11) is -3.83. The maximum atomic E-state index is 12.6. The van der Waals surface area contributed by atoms with Gasteiger partial charge in [0.15, 0.2) is 4.21 Å². The largest absolute Gasteiger partial charge is 0.355 e. The van der Waals surface area contributed by atoms with Gasteiger partial charge in [-0.2, -0.15) is 4.31 Å². The molecule has 1 aromatic heterocycles. The molecule has 2 N–H and O–H groups in total. The van der Waals surface area contributed by atoms with Crippen molar-refractivity contribution in [3.63, 3.8) is 0 Å². The van der Waals surface area contributed by atoms with Gasteiger partial charge < -0.3 is 10.3 Å². The van der Waals surface area contributed by atoms with E-state index in [9.17, 15) is 18.0 Å². The van der Waals surface area contributed by atoms with Gasteiger partial charge in [0.2, 0.25) is 5.91 Å². The van der Waals surface area contributed by atoms with E-state index in [1.807, 2.05) is 13.8 Å². The van der Waals surface area contributed by atoms with Gasteiger partial charge in [-0.15, -0.1) is 0 Å². The minimum atomic E-state index is -3.83. The molecule has 120 valence electrons. The zero-order valence-corrected chi connectivity index (χ0v) is 14.1. The van der Waals surface area contributed by atoms with Crippen LogP contribution in [0.1, 0.15) is 32.4 Å². The van der Waals surface area contributed by atoms with E-state index in [1.54, 1.807) is 0 Å². The SMILES string of the molecule is CCCNC(=O)CN(CCC)S(=O)(=O)c1sc(=O)[nH]c1C. The van der Waals surface area contributed by atoms with Crippen LogP contribution in [0.5, 0.6) is 0 Å². The molecule has 0 bridgehead atoms. The number of nitrogens with one attached hydrogen (secondary N) is 2. The highest BCUT2D eigenvalue weighted by molar-refractivity contribution is 7.91. The molecule has 0 aliphatic carbocycles. The second kappa shape index (κ2) is 7.71. The van der Waals surface area contributed by atoms with Gasteiger partial charge in [0, 0.05) is 18.8 Å². The smallest absolute Gasteiger partial charge is 0.305 e. The number of rotatable bonds is 8. The maximum Gasteiger partial charge on any atom is 0.305 e. The van der Waals surface area contributed by atoms with Crippen LogP contribution in [0.4, 0.5) is 0 Å². The fraction of sp³-hybridized carbons (Fsp3) is 0.667.